The Morgan fingerprint density at radius 2 is 1.86 bits per heavy atom. The number of nitriles is 1. The van der Waals surface area contributed by atoms with Crippen molar-refractivity contribution in [2.75, 3.05) is 18.0 Å². The molecule has 2 aliphatic rings. The second kappa shape index (κ2) is 7.57. The maximum Gasteiger partial charge on any atom is 0.244 e. The molecule has 0 atom stereocenters. The Labute approximate surface area is 202 Å². The fourth-order valence-corrected chi connectivity index (χ4v) is 5.64. The standard InChI is InChI=1S/C27H25N7O/c1-17(26(29)35)20-8-27(9-20)15-33(16-27)23-5-3-18(4-6-23)24-7-19(22-12-30-32(2)13-22)14-34-25(24)21(10-28)11-31-34/h3-7,11-14,20H,1,8-9,15-16H2,2H3,(H2,29,35). The lowest BCUT2D eigenvalue weighted by Crippen LogP contribution is -2.63. The van der Waals surface area contributed by atoms with Gasteiger partial charge < -0.3 is 10.6 Å². The molecule has 1 saturated carbocycles. The number of amides is 1. The summed E-state index contributed by atoms with van der Waals surface area (Å²) in [6, 6.07) is 12.9. The zero-order chi connectivity index (χ0) is 24.3. The van der Waals surface area contributed by atoms with Gasteiger partial charge in [-0.2, -0.15) is 15.5 Å². The second-order valence-corrected chi connectivity index (χ2v) is 9.91. The van der Waals surface area contributed by atoms with E-state index in [4.69, 9.17) is 5.73 Å². The number of primary amides is 1. The van der Waals surface area contributed by atoms with Crippen LogP contribution in [-0.4, -0.2) is 38.4 Å². The van der Waals surface area contributed by atoms with Crippen molar-refractivity contribution in [3.8, 4) is 28.3 Å². The molecular weight excluding hydrogens is 438 g/mol. The molecule has 2 fully saturated rings. The summed E-state index contributed by atoms with van der Waals surface area (Å²) < 4.78 is 3.54. The predicted octanol–water partition coefficient (Wildman–Crippen LogP) is 3.53. The third kappa shape index (κ3) is 3.39. The maximum atomic E-state index is 11.4. The predicted molar refractivity (Wildman–Crippen MR) is 133 cm³/mol. The minimum Gasteiger partial charge on any atom is -0.370 e. The first-order valence-electron chi connectivity index (χ1n) is 11.6. The number of pyridine rings is 1. The number of nitrogens with two attached hydrogens (primary N) is 1. The molecule has 1 saturated heterocycles. The van der Waals surface area contributed by atoms with Crippen LogP contribution in [0.2, 0.25) is 0 Å². The van der Waals surface area contributed by atoms with Crippen LogP contribution in [0.5, 0.6) is 0 Å². The van der Waals surface area contributed by atoms with Crippen molar-refractivity contribution < 1.29 is 4.79 Å². The van der Waals surface area contributed by atoms with Crippen LogP contribution in [-0.2, 0) is 11.8 Å². The third-order valence-corrected chi connectivity index (χ3v) is 7.53. The molecule has 174 valence electrons. The number of benzene rings is 1. The van der Waals surface area contributed by atoms with Crippen molar-refractivity contribution in [3.05, 3.63) is 72.8 Å². The monoisotopic (exact) mass is 463 g/mol. The van der Waals surface area contributed by atoms with Crippen LogP contribution in [0.15, 0.2) is 67.3 Å². The normalized spacial score (nSPS) is 16.6. The van der Waals surface area contributed by atoms with Crippen LogP contribution in [0.4, 0.5) is 5.69 Å². The number of hydrogen-bond donors (Lipinski definition) is 1. The number of anilines is 1. The molecule has 1 amide bonds. The Bertz CT molecular complexity index is 1520. The summed E-state index contributed by atoms with van der Waals surface area (Å²) in [5.74, 6) is -0.146. The van der Waals surface area contributed by atoms with E-state index in [2.05, 4.69) is 58.1 Å². The van der Waals surface area contributed by atoms with Crippen LogP contribution in [0, 0.1) is 22.7 Å². The van der Waals surface area contributed by atoms with Crippen LogP contribution >= 0.6 is 0 Å². The van der Waals surface area contributed by atoms with Gasteiger partial charge in [0.1, 0.15) is 6.07 Å². The van der Waals surface area contributed by atoms with E-state index < -0.39 is 0 Å². The minimum absolute atomic E-state index is 0.233. The molecule has 6 rings (SSSR count). The third-order valence-electron chi connectivity index (χ3n) is 7.53. The molecule has 4 heterocycles. The fraction of sp³-hybridized carbons (Fsp3) is 0.259. The number of aromatic nitrogens is 4. The van der Waals surface area contributed by atoms with Gasteiger partial charge in [-0.15, -0.1) is 0 Å². The Balaban J connectivity index is 1.26. The quantitative estimate of drug-likeness (QED) is 0.456. The summed E-state index contributed by atoms with van der Waals surface area (Å²) in [7, 11) is 1.89. The van der Waals surface area contributed by atoms with E-state index in [9.17, 15) is 10.1 Å². The number of hydrogen-bond acceptors (Lipinski definition) is 5. The highest BCUT2D eigenvalue weighted by Gasteiger charge is 2.53. The highest BCUT2D eigenvalue weighted by atomic mass is 16.1. The smallest absolute Gasteiger partial charge is 0.244 e. The Morgan fingerprint density at radius 1 is 1.11 bits per heavy atom. The molecule has 1 aliphatic heterocycles. The van der Waals surface area contributed by atoms with Crippen molar-refractivity contribution >= 4 is 17.1 Å². The largest absolute Gasteiger partial charge is 0.370 e. The Kier molecular flexibility index (Phi) is 4.58. The van der Waals surface area contributed by atoms with Gasteiger partial charge in [0.25, 0.3) is 0 Å². The van der Waals surface area contributed by atoms with E-state index in [-0.39, 0.29) is 17.2 Å². The lowest BCUT2D eigenvalue weighted by molar-refractivity contribution is -0.116. The number of rotatable bonds is 5. The number of carbonyl (C=O) groups excluding carboxylic acids is 1. The van der Waals surface area contributed by atoms with E-state index in [1.807, 2.05) is 25.6 Å². The van der Waals surface area contributed by atoms with Crippen molar-refractivity contribution in [3.63, 3.8) is 0 Å². The Hall–Kier alpha value is -4.38. The first-order valence-corrected chi connectivity index (χ1v) is 11.6. The lowest BCUT2D eigenvalue weighted by Gasteiger charge is -2.60. The zero-order valence-corrected chi connectivity index (χ0v) is 19.5. The van der Waals surface area contributed by atoms with Gasteiger partial charge in [0.2, 0.25) is 5.91 Å². The van der Waals surface area contributed by atoms with Crippen LogP contribution in [0.25, 0.3) is 27.8 Å². The molecule has 0 bridgehead atoms. The van der Waals surface area contributed by atoms with Crippen molar-refractivity contribution in [2.45, 2.75) is 12.8 Å². The number of nitrogens with zero attached hydrogens (tertiary/aromatic N) is 6. The molecule has 3 aromatic heterocycles. The summed E-state index contributed by atoms with van der Waals surface area (Å²) >= 11 is 0. The average molecular weight is 464 g/mol. The molecule has 1 aromatic carbocycles. The molecule has 8 heteroatoms. The van der Waals surface area contributed by atoms with Gasteiger partial charge in [0.05, 0.1) is 23.5 Å². The van der Waals surface area contributed by atoms with Crippen LogP contribution in [0.1, 0.15) is 18.4 Å². The molecule has 4 aromatic rings. The number of aryl methyl sites for hydroxylation is 1. The number of carbonyl (C=O) groups is 1. The SMILES string of the molecule is C=C(C(N)=O)C1CC2(C1)CN(c1ccc(-c3cc(-c4cnn(C)c4)cn4ncc(C#N)c34)cc1)C2. The van der Waals surface area contributed by atoms with Crippen LogP contribution in [0.3, 0.4) is 0 Å². The van der Waals surface area contributed by atoms with Crippen molar-refractivity contribution in [1.82, 2.24) is 19.4 Å². The maximum absolute atomic E-state index is 11.4. The molecule has 1 spiro atoms. The summed E-state index contributed by atoms with van der Waals surface area (Å²) in [5.41, 5.74) is 12.7. The van der Waals surface area contributed by atoms with Gasteiger partial charge in [-0.25, -0.2) is 4.52 Å². The number of fused-ring (bicyclic) bond motifs is 1. The first kappa shape index (κ1) is 21.2. The molecule has 8 nitrogen and oxygen atoms in total. The summed E-state index contributed by atoms with van der Waals surface area (Å²) in [4.78, 5) is 13.7. The highest BCUT2D eigenvalue weighted by molar-refractivity contribution is 5.92. The summed E-state index contributed by atoms with van der Waals surface area (Å²) in [5, 5.41) is 18.4. The minimum atomic E-state index is -0.379. The Morgan fingerprint density at radius 3 is 2.49 bits per heavy atom. The molecule has 35 heavy (non-hydrogen) atoms. The highest BCUT2D eigenvalue weighted by Crippen LogP contribution is 2.54. The van der Waals surface area contributed by atoms with Gasteiger partial charge >= 0.3 is 0 Å². The van der Waals surface area contributed by atoms with Gasteiger partial charge in [-0.1, -0.05) is 18.7 Å². The van der Waals surface area contributed by atoms with E-state index in [1.54, 1.807) is 15.4 Å². The van der Waals surface area contributed by atoms with Gasteiger partial charge in [-0.3, -0.25) is 9.48 Å². The molecule has 1 aliphatic carbocycles. The summed E-state index contributed by atoms with van der Waals surface area (Å²) in [6.45, 7) is 5.82. The average Bonchev–Trinajstić information content (AvgIpc) is 3.42. The molecule has 2 N–H and O–H groups in total. The molecule has 0 unspecified atom stereocenters. The lowest BCUT2D eigenvalue weighted by atomic mass is 9.56. The zero-order valence-electron chi connectivity index (χ0n) is 19.5. The molecule has 0 radical (unpaired) electrons. The van der Waals surface area contributed by atoms with Crippen molar-refractivity contribution in [2.24, 2.45) is 24.1 Å². The summed E-state index contributed by atoms with van der Waals surface area (Å²) in [6.07, 6.45) is 9.31. The first-order chi connectivity index (χ1) is 16.9. The molecular formula is C27H25N7O. The van der Waals surface area contributed by atoms with Gasteiger partial charge in [0.15, 0.2) is 0 Å². The fourth-order valence-electron chi connectivity index (χ4n) is 5.64. The topological polar surface area (TPSA) is 105 Å². The van der Waals surface area contributed by atoms with Gasteiger partial charge in [0, 0.05) is 65.9 Å². The van der Waals surface area contributed by atoms with Gasteiger partial charge in [-0.05, 0) is 42.5 Å². The van der Waals surface area contributed by atoms with E-state index >= 15 is 0 Å². The van der Waals surface area contributed by atoms with Crippen molar-refractivity contribution in [1.29, 1.82) is 5.26 Å². The van der Waals surface area contributed by atoms with E-state index in [0.29, 0.717) is 11.1 Å². The second-order valence-electron chi connectivity index (χ2n) is 9.91. The van der Waals surface area contributed by atoms with E-state index in [0.717, 1.165) is 53.7 Å². The van der Waals surface area contributed by atoms with E-state index in [1.165, 1.54) is 5.69 Å². The van der Waals surface area contributed by atoms with Crippen LogP contribution < -0.4 is 10.6 Å².